The van der Waals surface area contributed by atoms with Crippen LogP contribution in [0.2, 0.25) is 0 Å². The van der Waals surface area contributed by atoms with Crippen LogP contribution >= 0.6 is 11.6 Å². The fraction of sp³-hybridized carbons (Fsp3) is 0.167. The standard InChI is InChI=1S/C12H9ClO3/c1-6-3-7-9(14)5-8(13)12(15)11(7)10(4-6)16-2/h3-5H,1-2H3. The number of methoxy groups -OCH3 is 1. The van der Waals surface area contributed by atoms with E-state index in [1.165, 1.54) is 7.11 Å². The molecule has 0 atom stereocenters. The Bertz CT molecular complexity index is 529. The molecular weight excluding hydrogens is 228 g/mol. The van der Waals surface area contributed by atoms with Crippen molar-refractivity contribution in [2.45, 2.75) is 6.92 Å². The molecule has 0 amide bonds. The van der Waals surface area contributed by atoms with E-state index in [1.54, 1.807) is 12.1 Å². The van der Waals surface area contributed by atoms with Crippen molar-refractivity contribution >= 4 is 23.2 Å². The highest BCUT2D eigenvalue weighted by Crippen LogP contribution is 2.31. The molecule has 0 spiro atoms. The van der Waals surface area contributed by atoms with Crippen LogP contribution < -0.4 is 4.74 Å². The number of rotatable bonds is 1. The van der Waals surface area contributed by atoms with Gasteiger partial charge in [-0.2, -0.15) is 0 Å². The summed E-state index contributed by atoms with van der Waals surface area (Å²) in [7, 11) is 1.46. The van der Waals surface area contributed by atoms with Crippen LogP contribution in [0.4, 0.5) is 0 Å². The van der Waals surface area contributed by atoms with Gasteiger partial charge in [-0.05, 0) is 24.6 Å². The predicted molar refractivity (Wildman–Crippen MR) is 60.3 cm³/mol. The van der Waals surface area contributed by atoms with E-state index in [0.29, 0.717) is 11.3 Å². The Morgan fingerprint density at radius 2 is 1.94 bits per heavy atom. The maximum absolute atomic E-state index is 11.8. The summed E-state index contributed by atoms with van der Waals surface area (Å²) in [5.74, 6) is -0.241. The number of halogens is 1. The number of carbonyl (C=O) groups excluding carboxylic acids is 2. The van der Waals surface area contributed by atoms with E-state index in [0.717, 1.165) is 11.6 Å². The Hall–Kier alpha value is -1.61. The molecule has 0 fully saturated rings. The van der Waals surface area contributed by atoms with Gasteiger partial charge >= 0.3 is 0 Å². The molecule has 0 aliphatic heterocycles. The first-order valence-electron chi connectivity index (χ1n) is 4.69. The lowest BCUT2D eigenvalue weighted by Crippen LogP contribution is -2.16. The van der Waals surface area contributed by atoms with Gasteiger partial charge in [0.2, 0.25) is 5.78 Å². The van der Waals surface area contributed by atoms with Crippen molar-refractivity contribution in [2.24, 2.45) is 0 Å². The van der Waals surface area contributed by atoms with E-state index in [2.05, 4.69) is 0 Å². The Morgan fingerprint density at radius 3 is 2.56 bits per heavy atom. The number of hydrogen-bond acceptors (Lipinski definition) is 3. The van der Waals surface area contributed by atoms with Crippen LogP contribution in [0, 0.1) is 6.92 Å². The quantitative estimate of drug-likeness (QED) is 0.753. The normalized spacial score (nSPS) is 14.6. The molecule has 0 bridgehead atoms. The highest BCUT2D eigenvalue weighted by molar-refractivity contribution is 6.49. The van der Waals surface area contributed by atoms with Crippen molar-refractivity contribution < 1.29 is 14.3 Å². The maximum atomic E-state index is 11.8. The minimum atomic E-state index is -0.367. The van der Waals surface area contributed by atoms with Gasteiger partial charge in [0, 0.05) is 11.6 Å². The zero-order chi connectivity index (χ0) is 11.9. The lowest BCUT2D eigenvalue weighted by atomic mass is 9.92. The number of Topliss-reactive ketones (excluding diaryl/α,β-unsaturated/α-hetero) is 1. The van der Waals surface area contributed by atoms with Gasteiger partial charge in [-0.3, -0.25) is 9.59 Å². The SMILES string of the molecule is COc1cc(C)cc2c1C(=O)C(Cl)=CC2=O. The van der Waals surface area contributed by atoms with Gasteiger partial charge in [0.05, 0.1) is 17.7 Å². The van der Waals surface area contributed by atoms with E-state index in [-0.39, 0.29) is 22.2 Å². The Balaban J connectivity index is 2.76. The predicted octanol–water partition coefficient (Wildman–Crippen LogP) is 2.51. The van der Waals surface area contributed by atoms with E-state index in [4.69, 9.17) is 16.3 Å². The summed E-state index contributed by atoms with van der Waals surface area (Å²) in [4.78, 5) is 23.5. The Kier molecular flexibility index (Phi) is 2.56. The van der Waals surface area contributed by atoms with Gasteiger partial charge < -0.3 is 4.74 Å². The Morgan fingerprint density at radius 1 is 1.25 bits per heavy atom. The van der Waals surface area contributed by atoms with Crippen LogP contribution in [0.3, 0.4) is 0 Å². The van der Waals surface area contributed by atoms with Gasteiger partial charge in [-0.1, -0.05) is 11.6 Å². The number of ether oxygens (including phenoxy) is 1. The molecule has 16 heavy (non-hydrogen) atoms. The van der Waals surface area contributed by atoms with Gasteiger partial charge in [-0.15, -0.1) is 0 Å². The number of hydrogen-bond donors (Lipinski definition) is 0. The average Bonchev–Trinajstić information content (AvgIpc) is 2.25. The minimum Gasteiger partial charge on any atom is -0.496 e. The summed E-state index contributed by atoms with van der Waals surface area (Å²) in [5, 5.41) is -0.0698. The largest absolute Gasteiger partial charge is 0.496 e. The lowest BCUT2D eigenvalue weighted by molar-refractivity contribution is 0.0988. The van der Waals surface area contributed by atoms with Crippen LogP contribution in [0.25, 0.3) is 0 Å². The van der Waals surface area contributed by atoms with Gasteiger partial charge in [0.1, 0.15) is 5.75 Å². The molecule has 1 aliphatic rings. The number of benzene rings is 1. The minimum absolute atomic E-state index is 0.0698. The van der Waals surface area contributed by atoms with E-state index >= 15 is 0 Å². The number of carbonyl (C=O) groups is 2. The first kappa shape index (κ1) is 10.9. The smallest absolute Gasteiger partial charge is 0.208 e. The van der Waals surface area contributed by atoms with Gasteiger partial charge in [-0.25, -0.2) is 0 Å². The topological polar surface area (TPSA) is 43.4 Å². The lowest BCUT2D eigenvalue weighted by Gasteiger charge is -2.15. The highest BCUT2D eigenvalue weighted by Gasteiger charge is 2.28. The molecule has 4 heteroatoms. The van der Waals surface area contributed by atoms with Crippen LogP contribution in [0.15, 0.2) is 23.2 Å². The zero-order valence-electron chi connectivity index (χ0n) is 8.83. The van der Waals surface area contributed by atoms with Crippen LogP contribution in [-0.2, 0) is 0 Å². The fourth-order valence-corrected chi connectivity index (χ4v) is 1.91. The number of ketones is 2. The van der Waals surface area contributed by atoms with Crippen molar-refractivity contribution in [3.63, 3.8) is 0 Å². The number of fused-ring (bicyclic) bond motifs is 1. The molecule has 1 aliphatic carbocycles. The second kappa shape index (κ2) is 3.76. The molecule has 0 radical (unpaired) electrons. The van der Waals surface area contributed by atoms with Gasteiger partial charge in [0.25, 0.3) is 0 Å². The summed E-state index contributed by atoms with van der Waals surface area (Å²) in [6.45, 7) is 1.83. The molecule has 82 valence electrons. The molecule has 0 saturated heterocycles. The fourth-order valence-electron chi connectivity index (χ4n) is 1.72. The molecule has 0 saturated carbocycles. The molecule has 0 aromatic heterocycles. The third-order valence-corrected chi connectivity index (χ3v) is 2.71. The first-order valence-corrected chi connectivity index (χ1v) is 5.07. The monoisotopic (exact) mass is 236 g/mol. The highest BCUT2D eigenvalue weighted by atomic mass is 35.5. The summed E-state index contributed by atoms with van der Waals surface area (Å²) >= 11 is 5.69. The molecule has 3 nitrogen and oxygen atoms in total. The number of allylic oxidation sites excluding steroid dienone is 2. The molecule has 0 unspecified atom stereocenters. The summed E-state index contributed by atoms with van der Waals surface area (Å²) in [6, 6.07) is 3.37. The van der Waals surface area contributed by atoms with Crippen LogP contribution in [-0.4, -0.2) is 18.7 Å². The van der Waals surface area contributed by atoms with Crippen molar-refractivity contribution in [3.8, 4) is 5.75 Å². The number of aryl methyl sites for hydroxylation is 1. The molecule has 2 rings (SSSR count). The van der Waals surface area contributed by atoms with E-state index < -0.39 is 0 Å². The van der Waals surface area contributed by atoms with Gasteiger partial charge in [0.15, 0.2) is 5.78 Å². The maximum Gasteiger partial charge on any atom is 0.208 e. The van der Waals surface area contributed by atoms with E-state index in [9.17, 15) is 9.59 Å². The van der Waals surface area contributed by atoms with Crippen LogP contribution in [0.5, 0.6) is 5.75 Å². The van der Waals surface area contributed by atoms with Crippen molar-refractivity contribution in [3.05, 3.63) is 39.9 Å². The Labute approximate surface area is 97.7 Å². The second-order valence-corrected chi connectivity index (χ2v) is 3.98. The molecule has 1 aromatic rings. The molecule has 1 aromatic carbocycles. The first-order chi connectivity index (χ1) is 7.54. The van der Waals surface area contributed by atoms with Crippen molar-refractivity contribution in [2.75, 3.05) is 7.11 Å². The zero-order valence-corrected chi connectivity index (χ0v) is 9.59. The molecule has 0 heterocycles. The van der Waals surface area contributed by atoms with Crippen molar-refractivity contribution in [1.82, 2.24) is 0 Å². The molecular formula is C12H9ClO3. The summed E-state index contributed by atoms with van der Waals surface area (Å²) in [5.41, 5.74) is 1.47. The third kappa shape index (κ3) is 1.53. The average molecular weight is 237 g/mol. The second-order valence-electron chi connectivity index (χ2n) is 3.58. The van der Waals surface area contributed by atoms with Crippen LogP contribution in [0.1, 0.15) is 26.3 Å². The summed E-state index contributed by atoms with van der Waals surface area (Å²) in [6.07, 6.45) is 1.14. The molecule has 0 N–H and O–H groups in total. The third-order valence-electron chi connectivity index (χ3n) is 2.43. The van der Waals surface area contributed by atoms with Crippen molar-refractivity contribution in [1.29, 1.82) is 0 Å². The summed E-state index contributed by atoms with van der Waals surface area (Å²) < 4.78 is 5.10. The van der Waals surface area contributed by atoms with E-state index in [1.807, 2.05) is 6.92 Å².